The third-order valence-electron chi connectivity index (χ3n) is 5.54. The van der Waals surface area contributed by atoms with Crippen molar-refractivity contribution in [1.82, 2.24) is 15.5 Å². The molecule has 2 N–H and O–H groups in total. The molecule has 0 aliphatic carbocycles. The van der Waals surface area contributed by atoms with Gasteiger partial charge in [0.1, 0.15) is 0 Å². The van der Waals surface area contributed by atoms with Crippen LogP contribution in [0.25, 0.3) is 0 Å². The lowest BCUT2D eigenvalue weighted by Gasteiger charge is -2.33. The molecule has 6 nitrogen and oxygen atoms in total. The van der Waals surface area contributed by atoms with Crippen molar-refractivity contribution in [1.29, 1.82) is 0 Å². The summed E-state index contributed by atoms with van der Waals surface area (Å²) in [6, 6.07) is 17.3. The van der Waals surface area contributed by atoms with Crippen molar-refractivity contribution in [3.05, 3.63) is 59.7 Å². The number of nitrogens with zero attached hydrogens (tertiary/aromatic N) is 2. The zero-order chi connectivity index (χ0) is 19.9. The van der Waals surface area contributed by atoms with E-state index in [0.717, 1.165) is 62.9 Å². The molecule has 2 aromatic rings. The van der Waals surface area contributed by atoms with Gasteiger partial charge in [0.15, 0.2) is 17.5 Å². The molecule has 162 valence electrons. The van der Waals surface area contributed by atoms with Crippen molar-refractivity contribution in [2.45, 2.75) is 31.8 Å². The minimum atomic E-state index is 0. The summed E-state index contributed by atoms with van der Waals surface area (Å²) in [4.78, 5) is 6.93. The summed E-state index contributed by atoms with van der Waals surface area (Å²) in [5.41, 5.74) is 2.62. The fourth-order valence-corrected chi connectivity index (χ4v) is 3.89. The molecule has 7 heteroatoms. The summed E-state index contributed by atoms with van der Waals surface area (Å²) in [5.74, 6) is 2.55. The molecule has 2 heterocycles. The SMILES string of the molecule is CN=C(NCCc1ccc2c(c1)OCO2)NC1CCN(Cc2ccccc2)CC1.I. The molecule has 2 aliphatic heterocycles. The topological polar surface area (TPSA) is 58.1 Å². The number of fused-ring (bicyclic) bond motifs is 1. The molecule has 0 bridgehead atoms. The van der Waals surface area contributed by atoms with Gasteiger partial charge in [-0.05, 0) is 42.5 Å². The van der Waals surface area contributed by atoms with Gasteiger partial charge in [0.2, 0.25) is 6.79 Å². The molecule has 0 amide bonds. The van der Waals surface area contributed by atoms with E-state index in [1.54, 1.807) is 0 Å². The number of halogens is 1. The quantitative estimate of drug-likeness (QED) is 0.346. The number of likely N-dealkylation sites (tertiary alicyclic amines) is 1. The maximum Gasteiger partial charge on any atom is 0.231 e. The second-order valence-electron chi connectivity index (χ2n) is 7.62. The predicted octanol–water partition coefficient (Wildman–Crippen LogP) is 3.41. The first kappa shape index (κ1) is 22.7. The highest BCUT2D eigenvalue weighted by molar-refractivity contribution is 14.0. The van der Waals surface area contributed by atoms with Crippen LogP contribution in [0.5, 0.6) is 11.5 Å². The lowest BCUT2D eigenvalue weighted by atomic mass is 10.0. The molecule has 0 unspecified atom stereocenters. The minimum absolute atomic E-state index is 0. The maximum absolute atomic E-state index is 5.45. The Morgan fingerprint density at radius 3 is 2.57 bits per heavy atom. The number of hydrogen-bond donors (Lipinski definition) is 2. The second kappa shape index (κ2) is 11.4. The van der Waals surface area contributed by atoms with Gasteiger partial charge in [0, 0.05) is 39.3 Å². The van der Waals surface area contributed by atoms with Crippen LogP contribution in [0.4, 0.5) is 0 Å². The number of rotatable bonds is 6. The summed E-state index contributed by atoms with van der Waals surface area (Å²) >= 11 is 0. The Balaban J connectivity index is 0.00000256. The number of piperidine rings is 1. The zero-order valence-corrected chi connectivity index (χ0v) is 19.8. The average Bonchev–Trinajstić information content (AvgIpc) is 3.23. The van der Waals surface area contributed by atoms with Gasteiger partial charge >= 0.3 is 0 Å². The highest BCUT2D eigenvalue weighted by Crippen LogP contribution is 2.32. The summed E-state index contributed by atoms with van der Waals surface area (Å²) in [6.45, 7) is 4.40. The average molecular weight is 522 g/mol. The molecule has 4 rings (SSSR count). The first-order valence-electron chi connectivity index (χ1n) is 10.4. The normalized spacial score (nSPS) is 16.8. The Morgan fingerprint density at radius 2 is 1.80 bits per heavy atom. The van der Waals surface area contributed by atoms with E-state index in [2.05, 4.69) is 63.0 Å². The van der Waals surface area contributed by atoms with Crippen molar-refractivity contribution < 1.29 is 9.47 Å². The fraction of sp³-hybridized carbons (Fsp3) is 0.435. The van der Waals surface area contributed by atoms with E-state index in [0.29, 0.717) is 12.8 Å². The van der Waals surface area contributed by atoms with Gasteiger partial charge in [0.05, 0.1) is 0 Å². The van der Waals surface area contributed by atoms with Crippen LogP contribution in [0, 0.1) is 0 Å². The van der Waals surface area contributed by atoms with Crippen molar-refractivity contribution >= 4 is 29.9 Å². The number of benzene rings is 2. The van der Waals surface area contributed by atoms with Crippen LogP contribution in [0.3, 0.4) is 0 Å². The molecule has 1 fully saturated rings. The van der Waals surface area contributed by atoms with Gasteiger partial charge in [-0.25, -0.2) is 0 Å². The highest BCUT2D eigenvalue weighted by atomic mass is 127. The minimum Gasteiger partial charge on any atom is -0.454 e. The first-order valence-corrected chi connectivity index (χ1v) is 10.4. The molecule has 2 aromatic carbocycles. The number of hydrogen-bond acceptors (Lipinski definition) is 4. The number of guanidine groups is 1. The van der Waals surface area contributed by atoms with Crippen molar-refractivity contribution in [3.8, 4) is 11.5 Å². The first-order chi connectivity index (χ1) is 14.3. The van der Waals surface area contributed by atoms with Crippen LogP contribution in [0.1, 0.15) is 24.0 Å². The van der Waals surface area contributed by atoms with E-state index in [-0.39, 0.29) is 24.0 Å². The van der Waals surface area contributed by atoms with Gasteiger partial charge in [0.25, 0.3) is 0 Å². The third kappa shape index (κ3) is 6.25. The van der Waals surface area contributed by atoms with E-state index < -0.39 is 0 Å². The van der Waals surface area contributed by atoms with Crippen LogP contribution in [-0.2, 0) is 13.0 Å². The maximum atomic E-state index is 5.45. The van der Waals surface area contributed by atoms with Crippen LogP contribution < -0.4 is 20.1 Å². The van der Waals surface area contributed by atoms with Crippen LogP contribution in [0.15, 0.2) is 53.5 Å². The molecule has 0 saturated carbocycles. The Labute approximate surface area is 196 Å². The molecule has 1 saturated heterocycles. The van der Waals surface area contributed by atoms with Crippen molar-refractivity contribution in [3.63, 3.8) is 0 Å². The molecule has 2 aliphatic rings. The molecular formula is C23H31IN4O2. The fourth-order valence-electron chi connectivity index (χ4n) is 3.89. The smallest absolute Gasteiger partial charge is 0.231 e. The molecular weight excluding hydrogens is 491 g/mol. The van der Waals surface area contributed by atoms with Gasteiger partial charge in [-0.1, -0.05) is 36.4 Å². The lowest BCUT2D eigenvalue weighted by Crippen LogP contribution is -2.48. The molecule has 0 spiro atoms. The second-order valence-corrected chi connectivity index (χ2v) is 7.62. The Morgan fingerprint density at radius 1 is 1.03 bits per heavy atom. The summed E-state index contributed by atoms with van der Waals surface area (Å²) < 4.78 is 10.8. The summed E-state index contributed by atoms with van der Waals surface area (Å²) in [5, 5.41) is 7.02. The molecule has 30 heavy (non-hydrogen) atoms. The Bertz CT molecular complexity index is 823. The van der Waals surface area contributed by atoms with Gasteiger partial charge < -0.3 is 20.1 Å². The van der Waals surface area contributed by atoms with Crippen LogP contribution in [-0.4, -0.2) is 50.4 Å². The highest BCUT2D eigenvalue weighted by Gasteiger charge is 2.20. The summed E-state index contributed by atoms with van der Waals surface area (Å²) in [6.07, 6.45) is 3.18. The van der Waals surface area contributed by atoms with E-state index in [9.17, 15) is 0 Å². The van der Waals surface area contributed by atoms with E-state index in [1.165, 1.54) is 11.1 Å². The van der Waals surface area contributed by atoms with Crippen LogP contribution in [0.2, 0.25) is 0 Å². The molecule has 0 atom stereocenters. The van der Waals surface area contributed by atoms with Gasteiger partial charge in [-0.15, -0.1) is 24.0 Å². The third-order valence-corrected chi connectivity index (χ3v) is 5.54. The summed E-state index contributed by atoms with van der Waals surface area (Å²) in [7, 11) is 1.83. The van der Waals surface area contributed by atoms with Crippen molar-refractivity contribution in [2.75, 3.05) is 33.5 Å². The number of aliphatic imine (C=N–C) groups is 1. The van der Waals surface area contributed by atoms with E-state index in [1.807, 2.05) is 13.1 Å². The van der Waals surface area contributed by atoms with Crippen molar-refractivity contribution in [2.24, 2.45) is 4.99 Å². The Kier molecular flexibility index (Phi) is 8.62. The Hall–Kier alpha value is -2.00. The zero-order valence-electron chi connectivity index (χ0n) is 17.5. The predicted molar refractivity (Wildman–Crippen MR) is 131 cm³/mol. The standard InChI is InChI=1S/C23H30N4O2.HI/c1-24-23(25-12-9-18-7-8-21-22(15-18)29-17-28-21)26-20-10-13-27(14-11-20)16-19-5-3-2-4-6-19;/h2-8,15,20H,9-14,16-17H2,1H3,(H2,24,25,26);1H. The van der Waals surface area contributed by atoms with Gasteiger partial charge in [-0.2, -0.15) is 0 Å². The van der Waals surface area contributed by atoms with Crippen LogP contribution >= 0.6 is 24.0 Å². The number of nitrogens with one attached hydrogen (secondary N) is 2. The molecule has 0 radical (unpaired) electrons. The molecule has 0 aromatic heterocycles. The van der Waals surface area contributed by atoms with E-state index >= 15 is 0 Å². The largest absolute Gasteiger partial charge is 0.454 e. The van der Waals surface area contributed by atoms with Gasteiger partial charge in [-0.3, -0.25) is 9.89 Å². The number of ether oxygens (including phenoxy) is 2. The lowest BCUT2D eigenvalue weighted by molar-refractivity contribution is 0.174. The monoisotopic (exact) mass is 522 g/mol. The van der Waals surface area contributed by atoms with E-state index in [4.69, 9.17) is 9.47 Å².